The standard InChI is InChI=1S/C13H9F3N2O2/c14-13(15,16)8-1-3-9(4-2-8)18-12(20)10-7-17-6-5-11(10)19/h1-7H,(H,17,19)(H,18,20). The zero-order valence-electron chi connectivity index (χ0n) is 9.99. The molecule has 0 radical (unpaired) electrons. The highest BCUT2D eigenvalue weighted by atomic mass is 19.4. The van der Waals surface area contributed by atoms with Gasteiger partial charge in [0.15, 0.2) is 5.43 Å². The van der Waals surface area contributed by atoms with E-state index in [0.29, 0.717) is 0 Å². The maximum atomic E-state index is 12.4. The van der Waals surface area contributed by atoms with Gasteiger partial charge in [0, 0.05) is 24.1 Å². The molecule has 1 heterocycles. The van der Waals surface area contributed by atoms with E-state index in [9.17, 15) is 22.8 Å². The number of pyridine rings is 1. The van der Waals surface area contributed by atoms with E-state index in [4.69, 9.17) is 0 Å². The topological polar surface area (TPSA) is 62.0 Å². The number of rotatable bonds is 2. The molecule has 0 spiro atoms. The maximum absolute atomic E-state index is 12.4. The lowest BCUT2D eigenvalue weighted by molar-refractivity contribution is -0.137. The normalized spacial score (nSPS) is 11.2. The van der Waals surface area contributed by atoms with Crippen LogP contribution < -0.4 is 10.7 Å². The smallest absolute Gasteiger partial charge is 0.367 e. The lowest BCUT2D eigenvalue weighted by atomic mass is 10.2. The molecule has 0 saturated heterocycles. The van der Waals surface area contributed by atoms with Crippen LogP contribution in [0.25, 0.3) is 0 Å². The van der Waals surface area contributed by atoms with E-state index in [0.717, 1.165) is 24.3 Å². The van der Waals surface area contributed by atoms with Gasteiger partial charge in [-0.05, 0) is 24.3 Å². The Balaban J connectivity index is 2.17. The minimum absolute atomic E-state index is 0.118. The number of amides is 1. The van der Waals surface area contributed by atoms with Crippen LogP contribution in [-0.4, -0.2) is 10.9 Å². The summed E-state index contributed by atoms with van der Waals surface area (Å²) in [6, 6.07) is 5.13. The fourth-order valence-electron chi connectivity index (χ4n) is 1.53. The third kappa shape index (κ3) is 3.05. The predicted molar refractivity (Wildman–Crippen MR) is 66.5 cm³/mol. The molecule has 2 N–H and O–H groups in total. The first-order chi connectivity index (χ1) is 9.38. The average Bonchev–Trinajstić information content (AvgIpc) is 2.38. The van der Waals surface area contributed by atoms with Crippen molar-refractivity contribution in [3.8, 4) is 0 Å². The van der Waals surface area contributed by atoms with Crippen molar-refractivity contribution >= 4 is 11.6 Å². The number of hydrogen-bond donors (Lipinski definition) is 2. The minimum atomic E-state index is -4.43. The zero-order chi connectivity index (χ0) is 14.8. The SMILES string of the molecule is O=C(Nc1ccc(C(F)(F)F)cc1)c1c[nH]ccc1=O. The molecule has 0 saturated carbocycles. The first-order valence-electron chi connectivity index (χ1n) is 5.53. The van der Waals surface area contributed by atoms with Gasteiger partial charge in [-0.15, -0.1) is 0 Å². The Labute approximate surface area is 111 Å². The number of carbonyl (C=O) groups excluding carboxylic acids is 1. The number of aromatic nitrogens is 1. The number of benzene rings is 1. The number of H-pyrrole nitrogens is 1. The van der Waals surface area contributed by atoms with Crippen molar-refractivity contribution in [1.82, 2.24) is 4.98 Å². The molecule has 0 aliphatic carbocycles. The van der Waals surface area contributed by atoms with Crippen molar-refractivity contribution in [2.75, 3.05) is 5.32 Å². The van der Waals surface area contributed by atoms with E-state index in [1.165, 1.54) is 18.5 Å². The molecule has 0 aliphatic heterocycles. The van der Waals surface area contributed by atoms with Crippen LogP contribution in [0, 0.1) is 0 Å². The Hall–Kier alpha value is -2.57. The molecule has 1 amide bonds. The first-order valence-corrected chi connectivity index (χ1v) is 5.53. The summed E-state index contributed by atoms with van der Waals surface area (Å²) >= 11 is 0. The first kappa shape index (κ1) is 13.9. The summed E-state index contributed by atoms with van der Waals surface area (Å²) in [6.45, 7) is 0. The molecule has 0 unspecified atom stereocenters. The predicted octanol–water partition coefficient (Wildman–Crippen LogP) is 2.65. The molecule has 1 aromatic heterocycles. The van der Waals surface area contributed by atoms with Crippen LogP contribution in [-0.2, 0) is 6.18 Å². The highest BCUT2D eigenvalue weighted by Gasteiger charge is 2.30. The average molecular weight is 282 g/mol. The van der Waals surface area contributed by atoms with Gasteiger partial charge in [-0.1, -0.05) is 0 Å². The van der Waals surface area contributed by atoms with Gasteiger partial charge < -0.3 is 10.3 Å². The number of nitrogens with one attached hydrogen (secondary N) is 2. The molecule has 7 heteroatoms. The van der Waals surface area contributed by atoms with Crippen LogP contribution in [0.5, 0.6) is 0 Å². The van der Waals surface area contributed by atoms with Gasteiger partial charge in [0.05, 0.1) is 5.56 Å². The molecule has 20 heavy (non-hydrogen) atoms. The number of hydrogen-bond acceptors (Lipinski definition) is 2. The van der Waals surface area contributed by atoms with E-state index in [-0.39, 0.29) is 11.3 Å². The summed E-state index contributed by atoms with van der Waals surface area (Å²) in [5, 5.41) is 2.35. The highest BCUT2D eigenvalue weighted by molar-refractivity contribution is 6.03. The third-order valence-electron chi connectivity index (χ3n) is 2.54. The van der Waals surface area contributed by atoms with E-state index in [1.54, 1.807) is 0 Å². The van der Waals surface area contributed by atoms with Crippen LogP contribution in [0.15, 0.2) is 47.5 Å². The van der Waals surface area contributed by atoms with Crippen molar-refractivity contribution in [1.29, 1.82) is 0 Å². The Morgan fingerprint density at radius 2 is 1.75 bits per heavy atom. The van der Waals surface area contributed by atoms with Crippen molar-refractivity contribution in [2.24, 2.45) is 0 Å². The number of halogens is 3. The van der Waals surface area contributed by atoms with Gasteiger partial charge in [-0.2, -0.15) is 13.2 Å². The lowest BCUT2D eigenvalue weighted by Gasteiger charge is -2.08. The van der Waals surface area contributed by atoms with Crippen molar-refractivity contribution in [3.63, 3.8) is 0 Å². The van der Waals surface area contributed by atoms with Gasteiger partial charge >= 0.3 is 6.18 Å². The second-order valence-corrected chi connectivity index (χ2v) is 3.95. The van der Waals surface area contributed by atoms with Crippen molar-refractivity contribution in [3.05, 3.63) is 64.1 Å². The van der Waals surface area contributed by atoms with E-state index < -0.39 is 23.1 Å². The fourth-order valence-corrected chi connectivity index (χ4v) is 1.53. The zero-order valence-corrected chi connectivity index (χ0v) is 9.99. The van der Waals surface area contributed by atoms with Crippen LogP contribution in [0.1, 0.15) is 15.9 Å². The Morgan fingerprint density at radius 1 is 1.10 bits per heavy atom. The second kappa shape index (κ2) is 5.20. The number of anilines is 1. The summed E-state index contributed by atoms with van der Waals surface area (Å²) in [5.41, 5.74) is -1.24. The summed E-state index contributed by atoms with van der Waals surface area (Å²) in [4.78, 5) is 25.8. The molecule has 4 nitrogen and oxygen atoms in total. The summed E-state index contributed by atoms with van der Waals surface area (Å²) < 4.78 is 37.1. The Bertz CT molecular complexity index is 675. The molecule has 2 rings (SSSR count). The van der Waals surface area contributed by atoms with Crippen LogP contribution in [0.3, 0.4) is 0 Å². The van der Waals surface area contributed by atoms with Crippen LogP contribution in [0.2, 0.25) is 0 Å². The van der Waals surface area contributed by atoms with Crippen LogP contribution >= 0.6 is 0 Å². The molecule has 0 atom stereocenters. The quantitative estimate of drug-likeness (QED) is 0.889. The summed E-state index contributed by atoms with van der Waals surface area (Å²) in [5.74, 6) is -0.688. The van der Waals surface area contributed by atoms with E-state index in [1.807, 2.05) is 0 Å². The van der Waals surface area contributed by atoms with Gasteiger partial charge in [0.1, 0.15) is 5.56 Å². The lowest BCUT2D eigenvalue weighted by Crippen LogP contribution is -2.20. The largest absolute Gasteiger partial charge is 0.416 e. The van der Waals surface area contributed by atoms with Gasteiger partial charge in [0.2, 0.25) is 0 Å². The van der Waals surface area contributed by atoms with Crippen LogP contribution in [0.4, 0.5) is 18.9 Å². The second-order valence-electron chi connectivity index (χ2n) is 3.95. The third-order valence-corrected chi connectivity index (χ3v) is 2.54. The maximum Gasteiger partial charge on any atom is 0.416 e. The molecule has 0 bridgehead atoms. The van der Waals surface area contributed by atoms with E-state index in [2.05, 4.69) is 10.3 Å². The number of aromatic amines is 1. The molecular weight excluding hydrogens is 273 g/mol. The summed E-state index contributed by atoms with van der Waals surface area (Å²) in [6.07, 6.45) is -1.84. The van der Waals surface area contributed by atoms with Gasteiger partial charge in [-0.25, -0.2) is 0 Å². The molecule has 1 aromatic carbocycles. The number of carbonyl (C=O) groups is 1. The Morgan fingerprint density at radius 3 is 2.30 bits per heavy atom. The van der Waals surface area contributed by atoms with Gasteiger partial charge in [-0.3, -0.25) is 9.59 Å². The summed E-state index contributed by atoms with van der Waals surface area (Å²) in [7, 11) is 0. The highest BCUT2D eigenvalue weighted by Crippen LogP contribution is 2.29. The fraction of sp³-hybridized carbons (Fsp3) is 0.0769. The van der Waals surface area contributed by atoms with E-state index >= 15 is 0 Å². The molecule has 104 valence electrons. The van der Waals surface area contributed by atoms with Crippen molar-refractivity contribution in [2.45, 2.75) is 6.18 Å². The monoisotopic (exact) mass is 282 g/mol. The molecular formula is C13H9F3N2O2. The Kier molecular flexibility index (Phi) is 3.60. The van der Waals surface area contributed by atoms with Gasteiger partial charge in [0.25, 0.3) is 5.91 Å². The minimum Gasteiger partial charge on any atom is -0.367 e. The molecule has 2 aromatic rings. The van der Waals surface area contributed by atoms with Crippen molar-refractivity contribution < 1.29 is 18.0 Å². The number of alkyl halides is 3. The molecule has 0 aliphatic rings. The molecule has 0 fully saturated rings.